The molecule has 6 heteroatoms. The fraction of sp³-hybridized carbons (Fsp3) is 0.462. The molecule has 0 saturated heterocycles. The maximum absolute atomic E-state index is 12.1. The maximum atomic E-state index is 12.1. The van der Waals surface area contributed by atoms with Crippen molar-refractivity contribution in [1.29, 1.82) is 0 Å². The van der Waals surface area contributed by atoms with Gasteiger partial charge in [0, 0.05) is 12.1 Å². The van der Waals surface area contributed by atoms with E-state index in [0.29, 0.717) is 18.0 Å². The molecule has 1 aliphatic carbocycles. The van der Waals surface area contributed by atoms with E-state index in [2.05, 4.69) is 4.72 Å². The lowest BCUT2D eigenvalue weighted by atomic mass is 10.1. The lowest BCUT2D eigenvalue weighted by molar-refractivity contribution is 0.575. The summed E-state index contributed by atoms with van der Waals surface area (Å²) >= 11 is 4.90. The number of nitrogens with one attached hydrogen (secondary N) is 1. The summed E-state index contributed by atoms with van der Waals surface area (Å²) in [6.45, 7) is 2.31. The fourth-order valence-corrected chi connectivity index (χ4v) is 3.33. The fourth-order valence-electron chi connectivity index (χ4n) is 1.97. The highest BCUT2D eigenvalue weighted by molar-refractivity contribution is 7.89. The molecule has 0 bridgehead atoms. The predicted molar refractivity (Wildman–Crippen MR) is 79.6 cm³/mol. The number of hydrogen-bond acceptors (Lipinski definition) is 3. The molecule has 1 aromatic rings. The smallest absolute Gasteiger partial charge is 0.240 e. The highest BCUT2D eigenvalue weighted by Gasteiger charge is 2.22. The SMILES string of the molecule is Cc1cc(S(=O)(=O)NCCC2CC2)ccc1C(N)=S. The molecule has 0 spiro atoms. The number of nitrogens with two attached hydrogens (primary N) is 1. The van der Waals surface area contributed by atoms with Gasteiger partial charge in [0.05, 0.1) is 4.90 Å². The summed E-state index contributed by atoms with van der Waals surface area (Å²) in [5.74, 6) is 0.710. The molecule has 0 unspecified atom stereocenters. The molecule has 104 valence electrons. The second-order valence-corrected chi connectivity index (χ2v) is 7.18. The van der Waals surface area contributed by atoms with Crippen LogP contribution in [0.4, 0.5) is 0 Å². The summed E-state index contributed by atoms with van der Waals surface area (Å²) in [6.07, 6.45) is 3.37. The lowest BCUT2D eigenvalue weighted by Crippen LogP contribution is -2.25. The van der Waals surface area contributed by atoms with E-state index >= 15 is 0 Å². The van der Waals surface area contributed by atoms with Crippen LogP contribution in [0.5, 0.6) is 0 Å². The minimum absolute atomic E-state index is 0.265. The van der Waals surface area contributed by atoms with E-state index < -0.39 is 10.0 Å². The van der Waals surface area contributed by atoms with Crippen LogP contribution in [0.25, 0.3) is 0 Å². The van der Waals surface area contributed by atoms with Crippen molar-refractivity contribution in [3.05, 3.63) is 29.3 Å². The van der Waals surface area contributed by atoms with E-state index in [4.69, 9.17) is 18.0 Å². The van der Waals surface area contributed by atoms with Gasteiger partial charge in [-0.05, 0) is 37.0 Å². The summed E-state index contributed by atoms with van der Waals surface area (Å²) < 4.78 is 26.8. The number of thiocarbonyl (C=S) groups is 1. The second-order valence-electron chi connectivity index (χ2n) is 4.97. The van der Waals surface area contributed by atoms with Gasteiger partial charge in [0.1, 0.15) is 4.99 Å². The Morgan fingerprint density at radius 1 is 1.47 bits per heavy atom. The van der Waals surface area contributed by atoms with Crippen molar-refractivity contribution >= 4 is 27.2 Å². The van der Waals surface area contributed by atoms with Gasteiger partial charge in [-0.1, -0.05) is 31.1 Å². The molecule has 1 fully saturated rings. The Balaban J connectivity index is 2.10. The van der Waals surface area contributed by atoms with Crippen LogP contribution in [-0.4, -0.2) is 20.0 Å². The minimum atomic E-state index is -3.43. The summed E-state index contributed by atoms with van der Waals surface area (Å²) in [5, 5.41) is 0. The van der Waals surface area contributed by atoms with Gasteiger partial charge in [0.25, 0.3) is 0 Å². The molecule has 0 heterocycles. The van der Waals surface area contributed by atoms with Crippen LogP contribution < -0.4 is 10.5 Å². The Morgan fingerprint density at radius 2 is 2.16 bits per heavy atom. The first-order chi connectivity index (χ1) is 8.90. The van der Waals surface area contributed by atoms with Crippen LogP contribution in [0.2, 0.25) is 0 Å². The average molecular weight is 298 g/mol. The maximum Gasteiger partial charge on any atom is 0.240 e. The molecule has 0 aromatic heterocycles. The lowest BCUT2D eigenvalue weighted by Gasteiger charge is -2.09. The molecule has 1 aliphatic rings. The van der Waals surface area contributed by atoms with Crippen LogP contribution in [0, 0.1) is 12.8 Å². The molecule has 1 aromatic carbocycles. The molecule has 0 amide bonds. The predicted octanol–water partition coefficient (Wildman–Crippen LogP) is 1.71. The van der Waals surface area contributed by atoms with Crippen LogP contribution in [0.1, 0.15) is 30.4 Å². The highest BCUT2D eigenvalue weighted by Crippen LogP contribution is 2.31. The van der Waals surface area contributed by atoms with Gasteiger partial charge >= 0.3 is 0 Å². The van der Waals surface area contributed by atoms with Gasteiger partial charge in [0.15, 0.2) is 0 Å². The summed E-state index contributed by atoms with van der Waals surface area (Å²) in [5.41, 5.74) is 7.05. The van der Waals surface area contributed by atoms with Crippen molar-refractivity contribution in [3.63, 3.8) is 0 Å². The van der Waals surface area contributed by atoms with Gasteiger partial charge in [-0.2, -0.15) is 0 Å². The topological polar surface area (TPSA) is 72.2 Å². The molecular weight excluding hydrogens is 280 g/mol. The third-order valence-corrected chi connectivity index (χ3v) is 4.99. The first-order valence-electron chi connectivity index (χ1n) is 6.30. The Bertz CT molecular complexity index is 593. The van der Waals surface area contributed by atoms with E-state index in [0.717, 1.165) is 12.0 Å². The van der Waals surface area contributed by atoms with Crippen molar-refractivity contribution in [2.75, 3.05) is 6.54 Å². The first-order valence-corrected chi connectivity index (χ1v) is 8.19. The molecule has 0 aliphatic heterocycles. The number of aryl methyl sites for hydroxylation is 1. The number of hydrogen-bond donors (Lipinski definition) is 2. The zero-order chi connectivity index (χ0) is 14.0. The third kappa shape index (κ3) is 3.75. The molecule has 4 nitrogen and oxygen atoms in total. The Kier molecular flexibility index (Phi) is 4.23. The van der Waals surface area contributed by atoms with Crippen LogP contribution in [0.15, 0.2) is 23.1 Å². The summed E-state index contributed by atoms with van der Waals surface area (Å²) in [6, 6.07) is 4.81. The van der Waals surface area contributed by atoms with E-state index in [-0.39, 0.29) is 9.88 Å². The van der Waals surface area contributed by atoms with E-state index in [9.17, 15) is 8.42 Å². The quantitative estimate of drug-likeness (QED) is 0.784. The largest absolute Gasteiger partial charge is 0.389 e. The van der Waals surface area contributed by atoms with E-state index in [1.807, 2.05) is 0 Å². The van der Waals surface area contributed by atoms with Gasteiger partial charge in [-0.25, -0.2) is 13.1 Å². The number of rotatable bonds is 6. The minimum Gasteiger partial charge on any atom is -0.389 e. The van der Waals surface area contributed by atoms with Crippen LogP contribution in [0.3, 0.4) is 0 Å². The van der Waals surface area contributed by atoms with Crippen molar-refractivity contribution < 1.29 is 8.42 Å². The van der Waals surface area contributed by atoms with E-state index in [1.165, 1.54) is 12.8 Å². The summed E-state index contributed by atoms with van der Waals surface area (Å²) in [4.78, 5) is 0.545. The van der Waals surface area contributed by atoms with Crippen molar-refractivity contribution in [1.82, 2.24) is 4.72 Å². The van der Waals surface area contributed by atoms with Crippen molar-refractivity contribution in [2.45, 2.75) is 31.1 Å². The van der Waals surface area contributed by atoms with Crippen molar-refractivity contribution in [2.24, 2.45) is 11.7 Å². The molecule has 1 saturated carbocycles. The number of benzene rings is 1. The molecule has 19 heavy (non-hydrogen) atoms. The average Bonchev–Trinajstić information content (AvgIpc) is 3.12. The molecule has 0 atom stereocenters. The zero-order valence-corrected chi connectivity index (χ0v) is 12.5. The monoisotopic (exact) mass is 298 g/mol. The Hall–Kier alpha value is -0.980. The molecule has 2 rings (SSSR count). The zero-order valence-electron chi connectivity index (χ0n) is 10.8. The normalized spacial score (nSPS) is 15.4. The molecule has 0 radical (unpaired) electrons. The highest BCUT2D eigenvalue weighted by atomic mass is 32.2. The van der Waals surface area contributed by atoms with Gasteiger partial charge in [0.2, 0.25) is 10.0 Å². The Labute approximate surface area is 119 Å². The van der Waals surface area contributed by atoms with Crippen LogP contribution >= 0.6 is 12.2 Å². The van der Waals surface area contributed by atoms with Gasteiger partial charge < -0.3 is 5.73 Å². The second kappa shape index (κ2) is 5.56. The van der Waals surface area contributed by atoms with Gasteiger partial charge in [-0.3, -0.25) is 0 Å². The number of sulfonamides is 1. The van der Waals surface area contributed by atoms with Gasteiger partial charge in [-0.15, -0.1) is 0 Å². The standard InChI is InChI=1S/C13H18N2O2S2/c1-9-8-11(4-5-12(9)13(14)18)19(16,17)15-7-6-10-2-3-10/h4-5,8,10,15H,2-3,6-7H2,1H3,(H2,14,18). The third-order valence-electron chi connectivity index (χ3n) is 3.32. The Morgan fingerprint density at radius 3 is 2.68 bits per heavy atom. The summed E-state index contributed by atoms with van der Waals surface area (Å²) in [7, 11) is -3.43. The molecular formula is C13H18N2O2S2. The van der Waals surface area contributed by atoms with Crippen LogP contribution in [-0.2, 0) is 10.0 Å². The first kappa shape index (κ1) is 14.4. The molecule has 3 N–H and O–H groups in total. The van der Waals surface area contributed by atoms with Crippen molar-refractivity contribution in [3.8, 4) is 0 Å². The van der Waals surface area contributed by atoms with E-state index in [1.54, 1.807) is 25.1 Å².